The molecular formula is C39H39F3N6O4. The van der Waals surface area contributed by atoms with Gasteiger partial charge < -0.3 is 31.6 Å². The average Bonchev–Trinajstić information content (AvgIpc) is 3.11. The molecule has 5 rings (SSSR count). The van der Waals surface area contributed by atoms with Gasteiger partial charge in [0.05, 0.1) is 36.0 Å². The zero-order valence-corrected chi connectivity index (χ0v) is 28.6. The molecule has 0 aliphatic carbocycles. The first-order chi connectivity index (χ1) is 25.0. The van der Waals surface area contributed by atoms with E-state index in [0.29, 0.717) is 28.1 Å². The van der Waals surface area contributed by atoms with Crippen molar-refractivity contribution in [3.05, 3.63) is 142 Å². The number of hydrogen-bond donors (Lipinski definition) is 6. The molecule has 0 saturated heterocycles. The minimum Gasteiger partial charge on any atom is -0.450 e. The van der Waals surface area contributed by atoms with Crippen molar-refractivity contribution in [2.45, 2.75) is 32.9 Å². The fraction of sp³-hybridized carbons (Fsp3) is 0.179. The van der Waals surface area contributed by atoms with Gasteiger partial charge in [-0.2, -0.15) is 0 Å². The van der Waals surface area contributed by atoms with Crippen molar-refractivity contribution in [1.82, 2.24) is 0 Å². The molecular weight excluding hydrogens is 673 g/mol. The van der Waals surface area contributed by atoms with Gasteiger partial charge in [-0.25, -0.2) is 22.8 Å². The molecule has 270 valence electrons. The lowest BCUT2D eigenvalue weighted by molar-refractivity contribution is 0.167. The van der Waals surface area contributed by atoms with Gasteiger partial charge in [0.25, 0.3) is 0 Å². The van der Waals surface area contributed by atoms with Gasteiger partial charge in [0.2, 0.25) is 0 Å². The molecule has 13 heteroatoms. The molecule has 2 amide bonds. The predicted octanol–water partition coefficient (Wildman–Crippen LogP) is 8.81. The fourth-order valence-corrected chi connectivity index (χ4v) is 5.60. The van der Waals surface area contributed by atoms with Crippen LogP contribution in [0.15, 0.2) is 97.1 Å². The van der Waals surface area contributed by atoms with Gasteiger partial charge in [0, 0.05) is 30.4 Å². The second-order valence-electron chi connectivity index (χ2n) is 11.7. The van der Waals surface area contributed by atoms with Crippen LogP contribution in [0, 0.1) is 17.5 Å². The first-order valence-corrected chi connectivity index (χ1v) is 16.5. The summed E-state index contributed by atoms with van der Waals surface area (Å²) in [5, 5.41) is 12.2. The van der Waals surface area contributed by atoms with Gasteiger partial charge in [0.1, 0.15) is 17.5 Å². The lowest BCUT2D eigenvalue weighted by Gasteiger charge is -2.27. The third-order valence-electron chi connectivity index (χ3n) is 8.09. The third kappa shape index (κ3) is 9.44. The zero-order chi connectivity index (χ0) is 37.2. The maximum atomic E-state index is 14.4. The van der Waals surface area contributed by atoms with Gasteiger partial charge in [0.15, 0.2) is 0 Å². The monoisotopic (exact) mass is 712 g/mol. The van der Waals surface area contributed by atoms with E-state index in [1.54, 1.807) is 74.5 Å². The normalized spacial score (nSPS) is 10.8. The maximum absolute atomic E-state index is 14.4. The Hall–Kier alpha value is -6.37. The Labute approximate surface area is 299 Å². The van der Waals surface area contributed by atoms with E-state index in [2.05, 4.69) is 21.3 Å². The van der Waals surface area contributed by atoms with Crippen LogP contribution in [0.1, 0.15) is 47.6 Å². The molecule has 0 spiro atoms. The fourth-order valence-electron chi connectivity index (χ4n) is 5.60. The highest BCUT2D eigenvalue weighted by Gasteiger charge is 2.27. The Balaban J connectivity index is 1.72. The highest BCUT2D eigenvalue weighted by atomic mass is 19.1. The number of ether oxygens (including phenoxy) is 2. The number of nitrogen functional groups attached to an aromatic ring is 2. The molecule has 0 fully saturated rings. The van der Waals surface area contributed by atoms with E-state index in [1.165, 1.54) is 36.4 Å². The summed E-state index contributed by atoms with van der Waals surface area (Å²) in [5.41, 5.74) is 18.3. The number of anilines is 6. The van der Waals surface area contributed by atoms with Gasteiger partial charge in [-0.15, -0.1) is 0 Å². The number of rotatable bonds is 13. The number of hydrogen-bond acceptors (Lipinski definition) is 8. The number of halogens is 3. The summed E-state index contributed by atoms with van der Waals surface area (Å²) < 4.78 is 52.1. The van der Waals surface area contributed by atoms with Crippen molar-refractivity contribution < 1.29 is 32.2 Å². The molecule has 0 atom stereocenters. The van der Waals surface area contributed by atoms with E-state index in [9.17, 15) is 22.8 Å². The number of amides is 2. The summed E-state index contributed by atoms with van der Waals surface area (Å²) in [6.07, 6.45) is -1.44. The van der Waals surface area contributed by atoms with E-state index in [1.807, 2.05) is 0 Å². The summed E-state index contributed by atoms with van der Waals surface area (Å²) in [7, 11) is 0. The molecule has 0 aliphatic heterocycles. The smallest absolute Gasteiger partial charge is 0.411 e. The van der Waals surface area contributed by atoms with E-state index in [4.69, 9.17) is 20.9 Å². The molecule has 8 N–H and O–H groups in total. The molecule has 0 aromatic heterocycles. The second kappa shape index (κ2) is 17.0. The lowest BCUT2D eigenvalue weighted by Crippen LogP contribution is -2.18. The minimum absolute atomic E-state index is 0.124. The van der Waals surface area contributed by atoms with Crippen LogP contribution in [0.4, 0.5) is 56.9 Å². The van der Waals surface area contributed by atoms with Crippen molar-refractivity contribution in [2.75, 3.05) is 45.9 Å². The van der Waals surface area contributed by atoms with Crippen molar-refractivity contribution in [2.24, 2.45) is 0 Å². The highest BCUT2D eigenvalue weighted by Crippen LogP contribution is 2.44. The first-order valence-electron chi connectivity index (χ1n) is 16.5. The molecule has 0 unspecified atom stereocenters. The van der Waals surface area contributed by atoms with Crippen molar-refractivity contribution in [3.63, 3.8) is 0 Å². The zero-order valence-electron chi connectivity index (χ0n) is 28.6. The first kappa shape index (κ1) is 36.9. The Morgan fingerprint density at radius 2 is 0.942 bits per heavy atom. The Kier molecular flexibility index (Phi) is 12.1. The van der Waals surface area contributed by atoms with E-state index in [0.717, 1.165) is 11.1 Å². The maximum Gasteiger partial charge on any atom is 0.411 e. The van der Waals surface area contributed by atoms with Crippen molar-refractivity contribution in [1.29, 1.82) is 0 Å². The second-order valence-corrected chi connectivity index (χ2v) is 11.7. The molecule has 5 aromatic rings. The van der Waals surface area contributed by atoms with Crippen molar-refractivity contribution >= 4 is 46.3 Å². The van der Waals surface area contributed by atoms with Gasteiger partial charge in [-0.1, -0.05) is 36.4 Å². The SMILES string of the molecule is CCOC(=O)Nc1cc(C(c2ccc(F)cc2)c2cc(NC(=O)OCC)c(N)cc2NCc2ccc(F)cc2)c(NCc2ccc(F)cc2)cc1N. The van der Waals surface area contributed by atoms with Crippen LogP contribution < -0.4 is 32.7 Å². The van der Waals surface area contributed by atoms with E-state index in [-0.39, 0.29) is 60.7 Å². The summed E-state index contributed by atoms with van der Waals surface area (Å²) >= 11 is 0. The number of carbonyl (C=O) groups is 2. The highest BCUT2D eigenvalue weighted by molar-refractivity contribution is 5.92. The van der Waals surface area contributed by atoms with Gasteiger partial charge >= 0.3 is 12.2 Å². The topological polar surface area (TPSA) is 153 Å². The molecule has 5 aromatic carbocycles. The number of nitrogens with two attached hydrogens (primary N) is 2. The lowest BCUT2D eigenvalue weighted by atomic mass is 9.82. The van der Waals surface area contributed by atoms with Crippen molar-refractivity contribution in [3.8, 4) is 0 Å². The van der Waals surface area contributed by atoms with Crippen LogP contribution in [0.3, 0.4) is 0 Å². The third-order valence-corrected chi connectivity index (χ3v) is 8.09. The predicted molar refractivity (Wildman–Crippen MR) is 198 cm³/mol. The largest absolute Gasteiger partial charge is 0.450 e. The number of carbonyl (C=O) groups excluding carboxylic acids is 2. The van der Waals surface area contributed by atoms with Crippen LogP contribution in [-0.4, -0.2) is 25.4 Å². The molecule has 0 radical (unpaired) electrons. The van der Waals surface area contributed by atoms with Crippen LogP contribution >= 0.6 is 0 Å². The summed E-state index contributed by atoms with van der Waals surface area (Å²) in [6.45, 7) is 4.12. The Bertz CT molecular complexity index is 1890. The van der Waals surface area contributed by atoms with Gasteiger partial charge in [-0.3, -0.25) is 10.6 Å². The summed E-state index contributed by atoms with van der Waals surface area (Å²) in [5.74, 6) is -1.96. The van der Waals surface area contributed by atoms with E-state index < -0.39 is 23.9 Å². The Morgan fingerprint density at radius 3 is 1.31 bits per heavy atom. The molecule has 0 heterocycles. The summed E-state index contributed by atoms with van der Waals surface area (Å²) in [4.78, 5) is 25.2. The van der Waals surface area contributed by atoms with Crippen LogP contribution in [0.25, 0.3) is 0 Å². The minimum atomic E-state index is -0.737. The molecule has 0 aliphatic rings. The summed E-state index contributed by atoms with van der Waals surface area (Å²) in [6, 6.07) is 24.5. The standard InChI is InChI=1S/C39H39F3N6O4/c1-3-51-38(49)47-35-17-29(33(19-31(35)43)45-21-23-5-11-26(40)12-6-23)37(25-9-15-28(42)16-10-25)30-18-36(48-39(50)52-4-2)32(44)20-34(30)46-22-24-7-13-27(41)14-8-24/h5-20,37,45-46H,3-4,21-22,43-44H2,1-2H3,(H,47,49)(H,48,50). The molecule has 0 bridgehead atoms. The quantitative estimate of drug-likeness (QED) is 0.0523. The molecule has 52 heavy (non-hydrogen) atoms. The van der Waals surface area contributed by atoms with Crippen LogP contribution in [0.2, 0.25) is 0 Å². The number of nitrogens with one attached hydrogen (secondary N) is 4. The average molecular weight is 713 g/mol. The van der Waals surface area contributed by atoms with Crippen LogP contribution in [0.5, 0.6) is 0 Å². The van der Waals surface area contributed by atoms with E-state index >= 15 is 0 Å². The van der Waals surface area contributed by atoms with Crippen LogP contribution in [-0.2, 0) is 22.6 Å². The Morgan fingerprint density at radius 1 is 0.577 bits per heavy atom. The van der Waals surface area contributed by atoms with Gasteiger partial charge in [-0.05, 0) is 102 Å². The molecule has 10 nitrogen and oxygen atoms in total. The molecule has 0 saturated carbocycles. The number of benzene rings is 5.